The Hall–Kier alpha value is -4.26. The molecule has 4 aromatic rings. The molecule has 192 valence electrons. The van der Waals surface area contributed by atoms with Crippen LogP contribution in [-0.2, 0) is 13.1 Å². The minimum atomic E-state index is -0.166. The highest BCUT2D eigenvalue weighted by molar-refractivity contribution is 5.94. The molecule has 7 nitrogen and oxygen atoms in total. The fourth-order valence-electron chi connectivity index (χ4n) is 4.19. The van der Waals surface area contributed by atoms with E-state index in [1.54, 1.807) is 32.4 Å². The van der Waals surface area contributed by atoms with Gasteiger partial charge in [0.1, 0.15) is 11.6 Å². The molecule has 0 aliphatic carbocycles. The molecule has 0 fully saturated rings. The third-order valence-electron chi connectivity index (χ3n) is 6.05. The molecule has 1 amide bonds. The van der Waals surface area contributed by atoms with Crippen molar-refractivity contribution in [3.8, 4) is 17.2 Å². The third kappa shape index (κ3) is 6.50. The summed E-state index contributed by atoms with van der Waals surface area (Å²) in [5, 5.41) is 3.00. The lowest BCUT2D eigenvalue weighted by Gasteiger charge is -2.13. The molecule has 0 radical (unpaired) electrons. The topological polar surface area (TPSA) is 74.6 Å². The number of unbranched alkanes of at least 4 members (excludes halogenated alkanes) is 1. The minimum absolute atomic E-state index is 0.166. The van der Waals surface area contributed by atoms with Crippen LogP contribution in [0.5, 0.6) is 17.2 Å². The molecule has 0 spiro atoms. The molecule has 0 atom stereocenters. The van der Waals surface area contributed by atoms with Gasteiger partial charge in [0.2, 0.25) is 0 Å². The largest absolute Gasteiger partial charge is 0.497 e. The first kappa shape index (κ1) is 25.8. The van der Waals surface area contributed by atoms with Crippen LogP contribution in [-0.4, -0.2) is 36.3 Å². The molecule has 0 saturated heterocycles. The van der Waals surface area contributed by atoms with Crippen LogP contribution in [0.3, 0.4) is 0 Å². The highest BCUT2D eigenvalue weighted by Crippen LogP contribution is 2.29. The van der Waals surface area contributed by atoms with Crippen LogP contribution >= 0.6 is 0 Å². The van der Waals surface area contributed by atoms with Crippen LogP contribution in [0.25, 0.3) is 17.1 Å². The number of fused-ring (bicyclic) bond motifs is 1. The van der Waals surface area contributed by atoms with Gasteiger partial charge in [0, 0.05) is 12.1 Å². The summed E-state index contributed by atoms with van der Waals surface area (Å²) >= 11 is 0. The zero-order valence-electron chi connectivity index (χ0n) is 21.6. The summed E-state index contributed by atoms with van der Waals surface area (Å²) in [5.41, 5.74) is 3.59. The van der Waals surface area contributed by atoms with Crippen LogP contribution in [0.4, 0.5) is 0 Å². The highest BCUT2D eigenvalue weighted by atomic mass is 16.5. The second-order valence-electron chi connectivity index (χ2n) is 8.55. The van der Waals surface area contributed by atoms with Crippen molar-refractivity contribution in [1.29, 1.82) is 0 Å². The summed E-state index contributed by atoms with van der Waals surface area (Å²) in [6, 6.07) is 21.1. The van der Waals surface area contributed by atoms with E-state index in [2.05, 4.69) is 16.0 Å². The SMILES string of the molecule is C/C=C/c1ccc(OCCCCn2c(CNC(=O)c3cccc(OC)c3)nc3ccccc32)c(OC)c1. The number of benzene rings is 3. The number of rotatable bonds is 12. The number of carbonyl (C=O) groups excluding carboxylic acids is 1. The third-order valence-corrected chi connectivity index (χ3v) is 6.05. The number of aromatic nitrogens is 2. The van der Waals surface area contributed by atoms with Crippen molar-refractivity contribution in [2.75, 3.05) is 20.8 Å². The van der Waals surface area contributed by atoms with E-state index in [0.29, 0.717) is 24.5 Å². The Morgan fingerprint density at radius 2 is 1.84 bits per heavy atom. The number of imidazole rings is 1. The van der Waals surface area contributed by atoms with Crippen molar-refractivity contribution < 1.29 is 19.0 Å². The van der Waals surface area contributed by atoms with Crippen molar-refractivity contribution in [1.82, 2.24) is 14.9 Å². The molecule has 7 heteroatoms. The lowest BCUT2D eigenvalue weighted by molar-refractivity contribution is 0.0949. The van der Waals surface area contributed by atoms with Gasteiger partial charge in [-0.05, 0) is 67.8 Å². The fraction of sp³-hybridized carbons (Fsp3) is 0.267. The van der Waals surface area contributed by atoms with E-state index >= 15 is 0 Å². The second-order valence-corrected chi connectivity index (χ2v) is 8.55. The van der Waals surface area contributed by atoms with Gasteiger partial charge in [0.25, 0.3) is 5.91 Å². The Bertz CT molecular complexity index is 1380. The molecule has 37 heavy (non-hydrogen) atoms. The highest BCUT2D eigenvalue weighted by Gasteiger charge is 2.13. The number of amides is 1. The standard InChI is InChI=1S/C30H33N3O4/c1-4-10-22-15-16-27(28(19-22)36-3)37-18-8-7-17-33-26-14-6-5-13-25(26)32-29(33)21-31-30(34)23-11-9-12-24(20-23)35-2/h4-6,9-16,19-20H,7-8,17-18,21H2,1-3H3,(H,31,34)/b10-4+. The monoisotopic (exact) mass is 499 g/mol. The smallest absolute Gasteiger partial charge is 0.251 e. The summed E-state index contributed by atoms with van der Waals surface area (Å²) in [7, 11) is 3.24. The normalized spacial score (nSPS) is 11.1. The molecular formula is C30H33N3O4. The van der Waals surface area contributed by atoms with Gasteiger partial charge in [0.15, 0.2) is 11.5 Å². The number of hydrogen-bond donors (Lipinski definition) is 1. The van der Waals surface area contributed by atoms with Crippen molar-refractivity contribution in [3.05, 3.63) is 89.8 Å². The maximum atomic E-state index is 12.7. The molecule has 0 bridgehead atoms. The molecule has 0 aliphatic heterocycles. The number of nitrogens with zero attached hydrogens (tertiary/aromatic N) is 2. The van der Waals surface area contributed by atoms with Gasteiger partial charge in [-0.3, -0.25) is 4.79 Å². The summed E-state index contributed by atoms with van der Waals surface area (Å²) in [6.45, 7) is 3.66. The van der Waals surface area contributed by atoms with Crippen molar-refractivity contribution in [2.45, 2.75) is 32.9 Å². The van der Waals surface area contributed by atoms with Gasteiger partial charge in [-0.25, -0.2) is 4.98 Å². The van der Waals surface area contributed by atoms with Crippen LogP contribution < -0.4 is 19.5 Å². The Labute approximate surface area is 217 Å². The maximum absolute atomic E-state index is 12.7. The van der Waals surface area contributed by atoms with E-state index in [-0.39, 0.29) is 5.91 Å². The van der Waals surface area contributed by atoms with E-state index in [0.717, 1.165) is 53.3 Å². The summed E-state index contributed by atoms with van der Waals surface area (Å²) < 4.78 is 18.9. The number of aryl methyl sites for hydroxylation is 1. The van der Waals surface area contributed by atoms with Gasteiger partial charge in [-0.15, -0.1) is 0 Å². The zero-order valence-corrected chi connectivity index (χ0v) is 21.6. The minimum Gasteiger partial charge on any atom is -0.497 e. The van der Waals surface area contributed by atoms with E-state index < -0.39 is 0 Å². The van der Waals surface area contributed by atoms with Crippen LogP contribution in [0.2, 0.25) is 0 Å². The Morgan fingerprint density at radius 3 is 2.65 bits per heavy atom. The first-order chi connectivity index (χ1) is 18.1. The fourth-order valence-corrected chi connectivity index (χ4v) is 4.19. The first-order valence-electron chi connectivity index (χ1n) is 12.4. The van der Waals surface area contributed by atoms with E-state index in [9.17, 15) is 4.79 Å². The van der Waals surface area contributed by atoms with E-state index in [4.69, 9.17) is 19.2 Å². The molecule has 1 heterocycles. The average Bonchev–Trinajstić information content (AvgIpc) is 3.29. The number of ether oxygens (including phenoxy) is 3. The van der Waals surface area contributed by atoms with Gasteiger partial charge in [-0.2, -0.15) is 0 Å². The Kier molecular flexibility index (Phi) is 8.81. The van der Waals surface area contributed by atoms with Crippen molar-refractivity contribution in [3.63, 3.8) is 0 Å². The number of methoxy groups -OCH3 is 2. The van der Waals surface area contributed by atoms with Crippen molar-refractivity contribution >= 4 is 23.0 Å². The predicted molar refractivity (Wildman–Crippen MR) is 146 cm³/mol. The van der Waals surface area contributed by atoms with E-state index in [1.165, 1.54) is 0 Å². The molecule has 1 aromatic heterocycles. The van der Waals surface area contributed by atoms with E-state index in [1.807, 2.05) is 61.5 Å². The van der Waals surface area contributed by atoms with Crippen molar-refractivity contribution in [2.24, 2.45) is 0 Å². The number of hydrogen-bond acceptors (Lipinski definition) is 5. The lowest BCUT2D eigenvalue weighted by Crippen LogP contribution is -2.24. The second kappa shape index (κ2) is 12.6. The molecule has 0 unspecified atom stereocenters. The average molecular weight is 500 g/mol. The predicted octanol–water partition coefficient (Wildman–Crippen LogP) is 5.88. The van der Waals surface area contributed by atoms with Crippen LogP contribution in [0.15, 0.2) is 72.8 Å². The van der Waals surface area contributed by atoms with Crippen LogP contribution in [0.1, 0.15) is 41.5 Å². The molecule has 0 aliphatic rings. The Balaban J connectivity index is 1.37. The molecule has 3 aromatic carbocycles. The summed E-state index contributed by atoms with van der Waals surface area (Å²) in [4.78, 5) is 17.5. The number of nitrogens with one attached hydrogen (secondary N) is 1. The van der Waals surface area contributed by atoms with Gasteiger partial charge >= 0.3 is 0 Å². The zero-order chi connectivity index (χ0) is 26.0. The lowest BCUT2D eigenvalue weighted by atomic mass is 10.2. The van der Waals surface area contributed by atoms with Crippen LogP contribution in [0, 0.1) is 0 Å². The summed E-state index contributed by atoms with van der Waals surface area (Å²) in [5.74, 6) is 2.77. The molecular weight excluding hydrogens is 466 g/mol. The quantitative estimate of drug-likeness (QED) is 0.247. The number of allylic oxidation sites excluding steroid dienone is 1. The maximum Gasteiger partial charge on any atom is 0.251 e. The molecule has 0 saturated carbocycles. The van der Waals surface area contributed by atoms with Gasteiger partial charge in [0.05, 0.1) is 38.4 Å². The number of carbonyl (C=O) groups is 1. The number of para-hydroxylation sites is 2. The first-order valence-corrected chi connectivity index (χ1v) is 12.4. The van der Waals surface area contributed by atoms with Gasteiger partial charge in [-0.1, -0.05) is 36.4 Å². The molecule has 4 rings (SSSR count). The van der Waals surface area contributed by atoms with Gasteiger partial charge < -0.3 is 24.1 Å². The Morgan fingerprint density at radius 1 is 0.973 bits per heavy atom. The molecule has 1 N–H and O–H groups in total. The summed E-state index contributed by atoms with van der Waals surface area (Å²) in [6.07, 6.45) is 5.78.